The van der Waals surface area contributed by atoms with E-state index in [1.54, 1.807) is 7.11 Å². The predicted octanol–water partition coefficient (Wildman–Crippen LogP) is 2.69. The fourth-order valence-electron chi connectivity index (χ4n) is 3.00. The first-order valence-electron chi connectivity index (χ1n) is 8.52. The second-order valence-electron chi connectivity index (χ2n) is 6.30. The van der Waals surface area contributed by atoms with Gasteiger partial charge in [-0.25, -0.2) is 0 Å². The maximum absolute atomic E-state index is 12.4. The third kappa shape index (κ3) is 4.74. The normalized spacial score (nSPS) is 19.3. The number of carbonyl (C=O) groups is 1. The third-order valence-corrected chi connectivity index (χ3v) is 4.45. The van der Waals surface area contributed by atoms with Crippen molar-refractivity contribution in [2.75, 3.05) is 26.8 Å². The molecule has 1 saturated heterocycles. The van der Waals surface area contributed by atoms with Gasteiger partial charge in [-0.1, -0.05) is 18.2 Å². The first kappa shape index (κ1) is 18.3. The summed E-state index contributed by atoms with van der Waals surface area (Å²) >= 11 is 0. The molecule has 1 aromatic carbocycles. The first-order chi connectivity index (χ1) is 11.5. The van der Waals surface area contributed by atoms with Gasteiger partial charge in [-0.15, -0.1) is 0 Å². The van der Waals surface area contributed by atoms with Crippen molar-refractivity contribution < 1.29 is 14.3 Å². The summed E-state index contributed by atoms with van der Waals surface area (Å²) in [6, 6.07) is 5.78. The summed E-state index contributed by atoms with van der Waals surface area (Å²) in [6.07, 6.45) is 6.03. The van der Waals surface area contributed by atoms with E-state index >= 15 is 0 Å². The lowest BCUT2D eigenvalue weighted by Gasteiger charge is -2.34. The van der Waals surface area contributed by atoms with Gasteiger partial charge in [0.2, 0.25) is 0 Å². The summed E-state index contributed by atoms with van der Waals surface area (Å²) in [4.78, 5) is 14.3. The van der Waals surface area contributed by atoms with Crippen molar-refractivity contribution in [3.63, 3.8) is 0 Å². The van der Waals surface area contributed by atoms with Crippen molar-refractivity contribution in [1.29, 1.82) is 0 Å². The van der Waals surface area contributed by atoms with Gasteiger partial charge in [-0.2, -0.15) is 0 Å². The monoisotopic (exact) mass is 332 g/mol. The summed E-state index contributed by atoms with van der Waals surface area (Å²) < 4.78 is 11.1. The maximum atomic E-state index is 12.4. The van der Waals surface area contributed by atoms with Crippen molar-refractivity contribution in [1.82, 2.24) is 4.90 Å². The molecule has 0 saturated carbocycles. The minimum Gasteiger partial charge on any atom is -0.493 e. The second kappa shape index (κ2) is 8.73. The van der Waals surface area contributed by atoms with Crippen LogP contribution in [0.3, 0.4) is 0 Å². The van der Waals surface area contributed by atoms with Crippen LogP contribution in [0.15, 0.2) is 24.3 Å². The number of likely N-dealkylation sites (tertiary alicyclic amines) is 1. The Balaban J connectivity index is 1.96. The van der Waals surface area contributed by atoms with Crippen LogP contribution in [0.4, 0.5) is 0 Å². The minimum absolute atomic E-state index is 0.0000615. The number of allylic oxidation sites excluding steroid dienone is 1. The van der Waals surface area contributed by atoms with Gasteiger partial charge in [0.25, 0.3) is 5.91 Å². The Bertz CT molecular complexity index is 584. The fourth-order valence-corrected chi connectivity index (χ4v) is 3.00. The SMILES string of the molecule is CC=Cc1ccc(OCC(=O)N2CCCC(C(C)N)C2)c(OC)c1. The summed E-state index contributed by atoms with van der Waals surface area (Å²) in [5, 5.41) is 0. The molecule has 0 aliphatic carbocycles. The van der Waals surface area contributed by atoms with Crippen LogP contribution in [-0.2, 0) is 4.79 Å². The Labute approximate surface area is 144 Å². The molecule has 132 valence electrons. The smallest absolute Gasteiger partial charge is 0.260 e. The molecular formula is C19H28N2O3. The van der Waals surface area contributed by atoms with E-state index < -0.39 is 0 Å². The van der Waals surface area contributed by atoms with E-state index in [4.69, 9.17) is 15.2 Å². The van der Waals surface area contributed by atoms with Crippen LogP contribution < -0.4 is 15.2 Å². The maximum Gasteiger partial charge on any atom is 0.260 e. The summed E-state index contributed by atoms with van der Waals surface area (Å²) in [5.74, 6) is 1.59. The number of carbonyl (C=O) groups excluding carboxylic acids is 1. The molecule has 1 aliphatic heterocycles. The molecule has 24 heavy (non-hydrogen) atoms. The molecule has 1 aromatic rings. The Kier molecular flexibility index (Phi) is 6.67. The molecule has 0 aromatic heterocycles. The molecule has 0 spiro atoms. The highest BCUT2D eigenvalue weighted by molar-refractivity contribution is 5.78. The molecule has 1 fully saturated rings. The number of nitrogens with two attached hydrogens (primary N) is 1. The van der Waals surface area contributed by atoms with Crippen LogP contribution in [-0.4, -0.2) is 43.7 Å². The highest BCUT2D eigenvalue weighted by Gasteiger charge is 2.26. The third-order valence-electron chi connectivity index (χ3n) is 4.45. The van der Waals surface area contributed by atoms with Gasteiger partial charge < -0.3 is 20.1 Å². The van der Waals surface area contributed by atoms with Crippen molar-refractivity contribution >= 4 is 12.0 Å². The summed E-state index contributed by atoms with van der Waals surface area (Å²) in [6.45, 7) is 5.49. The molecule has 1 heterocycles. The topological polar surface area (TPSA) is 64.8 Å². The number of ether oxygens (including phenoxy) is 2. The van der Waals surface area contributed by atoms with Crippen molar-refractivity contribution in [2.45, 2.75) is 32.7 Å². The highest BCUT2D eigenvalue weighted by atomic mass is 16.5. The summed E-state index contributed by atoms with van der Waals surface area (Å²) in [7, 11) is 1.60. The molecule has 2 N–H and O–H groups in total. The number of piperidine rings is 1. The number of hydrogen-bond donors (Lipinski definition) is 1. The standard InChI is InChI=1S/C19H28N2O3/c1-4-6-15-8-9-17(18(11-15)23-3)24-13-19(22)21-10-5-7-16(12-21)14(2)20/h4,6,8-9,11,14,16H,5,7,10,12-13,20H2,1-3H3. The number of amides is 1. The van der Waals surface area contributed by atoms with E-state index in [9.17, 15) is 4.79 Å². The zero-order valence-corrected chi connectivity index (χ0v) is 14.8. The van der Waals surface area contributed by atoms with Gasteiger partial charge in [-0.3, -0.25) is 4.79 Å². The zero-order valence-electron chi connectivity index (χ0n) is 14.8. The minimum atomic E-state index is -0.0000615. The van der Waals surface area contributed by atoms with Gasteiger partial charge in [0.1, 0.15) is 0 Å². The van der Waals surface area contributed by atoms with Crippen LogP contribution in [0.2, 0.25) is 0 Å². The van der Waals surface area contributed by atoms with Crippen LogP contribution in [0.1, 0.15) is 32.3 Å². The van der Waals surface area contributed by atoms with Gasteiger partial charge in [0.05, 0.1) is 7.11 Å². The van der Waals surface area contributed by atoms with Gasteiger partial charge in [0.15, 0.2) is 18.1 Å². The molecular weight excluding hydrogens is 304 g/mol. The molecule has 1 amide bonds. The predicted molar refractivity (Wildman–Crippen MR) is 96.2 cm³/mol. The van der Waals surface area contributed by atoms with Crippen molar-refractivity contribution in [3.05, 3.63) is 29.8 Å². The van der Waals surface area contributed by atoms with Gasteiger partial charge >= 0.3 is 0 Å². The lowest BCUT2D eigenvalue weighted by atomic mass is 9.92. The van der Waals surface area contributed by atoms with E-state index in [1.165, 1.54) is 0 Å². The fraction of sp³-hybridized carbons (Fsp3) is 0.526. The van der Waals surface area contributed by atoms with E-state index in [-0.39, 0.29) is 18.6 Å². The van der Waals surface area contributed by atoms with Crippen molar-refractivity contribution in [2.24, 2.45) is 11.7 Å². The average Bonchev–Trinajstić information content (AvgIpc) is 2.60. The Morgan fingerprint density at radius 2 is 2.25 bits per heavy atom. The Morgan fingerprint density at radius 1 is 1.46 bits per heavy atom. The van der Waals surface area contributed by atoms with Crippen LogP contribution in [0, 0.1) is 5.92 Å². The molecule has 2 unspecified atom stereocenters. The first-order valence-corrected chi connectivity index (χ1v) is 8.52. The lowest BCUT2D eigenvalue weighted by molar-refractivity contribution is -0.135. The zero-order chi connectivity index (χ0) is 17.5. The lowest BCUT2D eigenvalue weighted by Crippen LogP contribution is -2.46. The molecule has 2 rings (SSSR count). The van der Waals surface area contributed by atoms with Gasteiger partial charge in [0, 0.05) is 19.1 Å². The largest absolute Gasteiger partial charge is 0.493 e. The summed E-state index contributed by atoms with van der Waals surface area (Å²) in [5.41, 5.74) is 7.01. The number of benzene rings is 1. The molecule has 1 aliphatic rings. The Morgan fingerprint density at radius 3 is 2.92 bits per heavy atom. The average molecular weight is 332 g/mol. The van der Waals surface area contributed by atoms with E-state index in [1.807, 2.05) is 49.1 Å². The van der Waals surface area contributed by atoms with E-state index in [2.05, 4.69) is 0 Å². The Hall–Kier alpha value is -2.01. The van der Waals surface area contributed by atoms with E-state index in [0.717, 1.165) is 31.5 Å². The number of hydrogen-bond acceptors (Lipinski definition) is 4. The molecule has 5 nitrogen and oxygen atoms in total. The highest BCUT2D eigenvalue weighted by Crippen LogP contribution is 2.28. The van der Waals surface area contributed by atoms with Crippen LogP contribution in [0.25, 0.3) is 6.08 Å². The second-order valence-corrected chi connectivity index (χ2v) is 6.30. The molecule has 2 atom stereocenters. The number of rotatable bonds is 6. The molecule has 5 heteroatoms. The van der Waals surface area contributed by atoms with Gasteiger partial charge in [-0.05, 0) is 50.3 Å². The number of methoxy groups -OCH3 is 1. The van der Waals surface area contributed by atoms with Crippen LogP contribution >= 0.6 is 0 Å². The van der Waals surface area contributed by atoms with Crippen molar-refractivity contribution in [3.8, 4) is 11.5 Å². The quantitative estimate of drug-likeness (QED) is 0.870. The number of nitrogens with zero attached hydrogens (tertiary/aromatic N) is 1. The molecule has 0 radical (unpaired) electrons. The van der Waals surface area contributed by atoms with E-state index in [0.29, 0.717) is 17.4 Å². The van der Waals surface area contributed by atoms with Crippen LogP contribution in [0.5, 0.6) is 11.5 Å². The molecule has 0 bridgehead atoms.